The Bertz CT molecular complexity index is 871. The lowest BCUT2D eigenvalue weighted by molar-refractivity contribution is -0.121. The standard InChI is InChI=1S/C18H18N4O2/c1-13-15-6-2-3-7-16(15)22(21-13)18(24)9-8-17(23)20-12-14-5-4-10-19-11-14/h2-7,10-11H,8-9,12H2,1H3,(H,20,23). The Balaban J connectivity index is 1.58. The molecule has 2 heterocycles. The average molecular weight is 322 g/mol. The number of para-hydroxylation sites is 1. The molecule has 0 radical (unpaired) electrons. The molecule has 24 heavy (non-hydrogen) atoms. The van der Waals surface area contributed by atoms with Gasteiger partial charge in [-0.25, -0.2) is 0 Å². The van der Waals surface area contributed by atoms with Crippen molar-refractivity contribution in [2.75, 3.05) is 0 Å². The lowest BCUT2D eigenvalue weighted by atomic mass is 10.2. The number of fused-ring (bicyclic) bond motifs is 1. The fourth-order valence-electron chi connectivity index (χ4n) is 2.53. The molecule has 3 rings (SSSR count). The van der Waals surface area contributed by atoms with Gasteiger partial charge in [0, 0.05) is 37.2 Å². The molecular weight excluding hydrogens is 304 g/mol. The molecule has 0 spiro atoms. The number of aromatic nitrogens is 3. The van der Waals surface area contributed by atoms with Gasteiger partial charge in [0.1, 0.15) is 0 Å². The minimum atomic E-state index is -0.184. The summed E-state index contributed by atoms with van der Waals surface area (Å²) in [4.78, 5) is 28.3. The number of nitrogens with zero attached hydrogens (tertiary/aromatic N) is 3. The Kier molecular flexibility index (Phi) is 4.65. The van der Waals surface area contributed by atoms with Crippen LogP contribution in [0.15, 0.2) is 48.8 Å². The molecule has 0 saturated heterocycles. The van der Waals surface area contributed by atoms with Gasteiger partial charge in [0.2, 0.25) is 11.8 Å². The average Bonchev–Trinajstić information content (AvgIpc) is 2.96. The summed E-state index contributed by atoms with van der Waals surface area (Å²) >= 11 is 0. The monoisotopic (exact) mass is 322 g/mol. The van der Waals surface area contributed by atoms with E-state index in [2.05, 4.69) is 15.4 Å². The molecule has 1 N–H and O–H groups in total. The number of pyridine rings is 1. The van der Waals surface area contributed by atoms with Crippen LogP contribution >= 0.6 is 0 Å². The molecule has 0 atom stereocenters. The molecule has 0 aliphatic heterocycles. The first-order chi connectivity index (χ1) is 11.6. The molecule has 2 aromatic heterocycles. The molecule has 0 bridgehead atoms. The maximum atomic E-state index is 12.4. The molecule has 0 aliphatic carbocycles. The predicted octanol–water partition coefficient (Wildman–Crippen LogP) is 2.48. The molecule has 1 aromatic carbocycles. The molecule has 6 nitrogen and oxygen atoms in total. The number of hydrogen-bond acceptors (Lipinski definition) is 4. The van der Waals surface area contributed by atoms with Crippen LogP contribution in [-0.4, -0.2) is 26.6 Å². The lowest BCUT2D eigenvalue weighted by Gasteiger charge is -2.05. The van der Waals surface area contributed by atoms with Gasteiger partial charge >= 0.3 is 0 Å². The van der Waals surface area contributed by atoms with E-state index in [1.165, 1.54) is 4.68 Å². The van der Waals surface area contributed by atoms with E-state index in [1.54, 1.807) is 12.4 Å². The van der Waals surface area contributed by atoms with Crippen LogP contribution in [0.4, 0.5) is 0 Å². The number of rotatable bonds is 5. The third-order valence-corrected chi connectivity index (χ3v) is 3.79. The molecule has 1 amide bonds. The molecule has 0 unspecified atom stereocenters. The summed E-state index contributed by atoms with van der Waals surface area (Å²) in [5.74, 6) is -0.351. The number of nitrogens with one attached hydrogen (secondary N) is 1. The largest absolute Gasteiger partial charge is 0.352 e. The second-order valence-electron chi connectivity index (χ2n) is 5.55. The van der Waals surface area contributed by atoms with Crippen LogP contribution in [0.25, 0.3) is 10.9 Å². The Morgan fingerprint density at radius 3 is 2.75 bits per heavy atom. The zero-order valence-electron chi connectivity index (χ0n) is 13.4. The molecular formula is C18H18N4O2. The van der Waals surface area contributed by atoms with E-state index in [1.807, 2.05) is 43.3 Å². The van der Waals surface area contributed by atoms with Gasteiger partial charge in [0.05, 0.1) is 11.2 Å². The van der Waals surface area contributed by atoms with E-state index in [0.29, 0.717) is 6.54 Å². The van der Waals surface area contributed by atoms with Gasteiger partial charge < -0.3 is 5.32 Å². The first kappa shape index (κ1) is 15.9. The van der Waals surface area contributed by atoms with Gasteiger partial charge in [-0.1, -0.05) is 24.3 Å². The first-order valence-electron chi connectivity index (χ1n) is 7.78. The van der Waals surface area contributed by atoms with Crippen molar-refractivity contribution >= 4 is 22.7 Å². The third kappa shape index (κ3) is 3.48. The van der Waals surface area contributed by atoms with Gasteiger partial charge in [-0.05, 0) is 24.6 Å². The zero-order chi connectivity index (χ0) is 16.9. The summed E-state index contributed by atoms with van der Waals surface area (Å²) in [5, 5.41) is 8.03. The molecule has 6 heteroatoms. The maximum absolute atomic E-state index is 12.4. The van der Waals surface area contributed by atoms with Gasteiger partial charge in [-0.15, -0.1) is 0 Å². The summed E-state index contributed by atoms with van der Waals surface area (Å²) in [7, 11) is 0. The van der Waals surface area contributed by atoms with Gasteiger partial charge in [-0.2, -0.15) is 9.78 Å². The second kappa shape index (κ2) is 7.04. The van der Waals surface area contributed by atoms with E-state index in [9.17, 15) is 9.59 Å². The molecule has 0 fully saturated rings. The minimum absolute atomic E-state index is 0.115. The highest BCUT2D eigenvalue weighted by molar-refractivity contribution is 5.93. The summed E-state index contributed by atoms with van der Waals surface area (Å²) in [6.45, 7) is 2.28. The van der Waals surface area contributed by atoms with Crippen LogP contribution in [0.3, 0.4) is 0 Å². The number of aryl methyl sites for hydroxylation is 1. The summed E-state index contributed by atoms with van der Waals surface area (Å²) in [5.41, 5.74) is 2.50. The normalized spacial score (nSPS) is 10.7. The van der Waals surface area contributed by atoms with Crippen LogP contribution in [0.5, 0.6) is 0 Å². The SMILES string of the molecule is Cc1nn(C(=O)CCC(=O)NCc2cccnc2)c2ccccc12. The van der Waals surface area contributed by atoms with Crippen molar-refractivity contribution in [3.05, 3.63) is 60.0 Å². The maximum Gasteiger partial charge on any atom is 0.247 e. The van der Waals surface area contributed by atoms with Crippen molar-refractivity contribution in [1.82, 2.24) is 20.1 Å². The van der Waals surface area contributed by atoms with E-state index in [4.69, 9.17) is 0 Å². The number of hydrogen-bond donors (Lipinski definition) is 1. The topological polar surface area (TPSA) is 76.9 Å². The van der Waals surface area contributed by atoms with Crippen molar-refractivity contribution < 1.29 is 9.59 Å². The highest BCUT2D eigenvalue weighted by Gasteiger charge is 2.14. The number of carbonyl (C=O) groups is 2. The third-order valence-electron chi connectivity index (χ3n) is 3.79. The highest BCUT2D eigenvalue weighted by atomic mass is 16.2. The van der Waals surface area contributed by atoms with Gasteiger partial charge in [0.25, 0.3) is 0 Å². The Labute approximate surface area is 139 Å². The van der Waals surface area contributed by atoms with E-state index in [0.717, 1.165) is 22.2 Å². The number of benzene rings is 1. The second-order valence-corrected chi connectivity index (χ2v) is 5.55. The zero-order valence-corrected chi connectivity index (χ0v) is 13.4. The van der Waals surface area contributed by atoms with Crippen molar-refractivity contribution in [3.8, 4) is 0 Å². The van der Waals surface area contributed by atoms with Crippen molar-refractivity contribution in [1.29, 1.82) is 0 Å². The van der Waals surface area contributed by atoms with Crippen molar-refractivity contribution in [2.24, 2.45) is 0 Å². The van der Waals surface area contributed by atoms with Crippen molar-refractivity contribution in [3.63, 3.8) is 0 Å². The van der Waals surface area contributed by atoms with Crippen LogP contribution in [0, 0.1) is 6.92 Å². The minimum Gasteiger partial charge on any atom is -0.352 e. The molecule has 122 valence electrons. The van der Waals surface area contributed by atoms with Crippen molar-refractivity contribution in [2.45, 2.75) is 26.3 Å². The van der Waals surface area contributed by atoms with Gasteiger partial charge in [0.15, 0.2) is 0 Å². The first-order valence-corrected chi connectivity index (χ1v) is 7.78. The smallest absolute Gasteiger partial charge is 0.247 e. The summed E-state index contributed by atoms with van der Waals surface area (Å²) < 4.78 is 1.39. The van der Waals surface area contributed by atoms with Crippen LogP contribution in [0.1, 0.15) is 28.9 Å². The summed E-state index contributed by atoms with van der Waals surface area (Å²) in [6.07, 6.45) is 3.63. The fraction of sp³-hybridized carbons (Fsp3) is 0.222. The van der Waals surface area contributed by atoms with Crippen LogP contribution in [-0.2, 0) is 11.3 Å². The molecule has 3 aromatic rings. The highest BCUT2D eigenvalue weighted by Crippen LogP contribution is 2.17. The molecule has 0 saturated carbocycles. The Morgan fingerprint density at radius 2 is 1.96 bits per heavy atom. The van der Waals surface area contributed by atoms with E-state index >= 15 is 0 Å². The summed E-state index contributed by atoms with van der Waals surface area (Å²) in [6, 6.07) is 11.3. The number of amides is 1. The predicted molar refractivity (Wildman–Crippen MR) is 90.4 cm³/mol. The fourth-order valence-corrected chi connectivity index (χ4v) is 2.53. The van der Waals surface area contributed by atoms with E-state index < -0.39 is 0 Å². The quantitative estimate of drug-likeness (QED) is 0.783. The van der Waals surface area contributed by atoms with Gasteiger partial charge in [-0.3, -0.25) is 14.6 Å². The number of carbonyl (C=O) groups excluding carboxylic acids is 2. The Morgan fingerprint density at radius 1 is 1.12 bits per heavy atom. The lowest BCUT2D eigenvalue weighted by Crippen LogP contribution is -2.24. The Hall–Kier alpha value is -3.02. The van der Waals surface area contributed by atoms with E-state index in [-0.39, 0.29) is 24.7 Å². The van der Waals surface area contributed by atoms with Crippen LogP contribution < -0.4 is 5.32 Å². The molecule has 0 aliphatic rings. The van der Waals surface area contributed by atoms with Crippen LogP contribution in [0.2, 0.25) is 0 Å².